The summed E-state index contributed by atoms with van der Waals surface area (Å²) in [6.07, 6.45) is 7.63. The van der Waals surface area contributed by atoms with Crippen molar-refractivity contribution in [3.8, 4) is 0 Å². The van der Waals surface area contributed by atoms with Gasteiger partial charge in [0.05, 0.1) is 6.04 Å². The third kappa shape index (κ3) is 7.47. The molecule has 1 atom stereocenters. The molecule has 24 heavy (non-hydrogen) atoms. The maximum atomic E-state index is 11.2. The van der Waals surface area contributed by atoms with Crippen molar-refractivity contribution in [3.63, 3.8) is 0 Å². The molecule has 1 aliphatic rings. The molecule has 0 bridgehead atoms. The summed E-state index contributed by atoms with van der Waals surface area (Å²) in [6, 6.07) is 7.96. The summed E-state index contributed by atoms with van der Waals surface area (Å²) in [5.41, 5.74) is 3.32. The van der Waals surface area contributed by atoms with Crippen LogP contribution in [0.5, 0.6) is 0 Å². The zero-order valence-electron chi connectivity index (χ0n) is 14.2. The fourth-order valence-electron chi connectivity index (χ4n) is 2.38. The van der Waals surface area contributed by atoms with Gasteiger partial charge in [-0.25, -0.2) is 0 Å². The van der Waals surface area contributed by atoms with Gasteiger partial charge < -0.3 is 0 Å². The number of carbonyl (C=O) groups excluding carboxylic acids is 1. The highest BCUT2D eigenvalue weighted by Gasteiger charge is 2.18. The SMILES string of the molecule is CC.O=C(S)CC(c1ccc(CC2=NCCCC=C2)cc1)N(S)S. The van der Waals surface area contributed by atoms with Gasteiger partial charge in [0.15, 0.2) is 5.12 Å². The fourth-order valence-corrected chi connectivity index (χ4v) is 2.99. The predicted octanol–water partition coefficient (Wildman–Crippen LogP) is 4.93. The molecule has 132 valence electrons. The van der Waals surface area contributed by atoms with E-state index in [9.17, 15) is 4.79 Å². The number of carbonyl (C=O) groups is 1. The van der Waals surface area contributed by atoms with Crippen LogP contribution < -0.4 is 0 Å². The van der Waals surface area contributed by atoms with Gasteiger partial charge in [-0.05, 0) is 30.0 Å². The lowest BCUT2D eigenvalue weighted by Crippen LogP contribution is -2.13. The van der Waals surface area contributed by atoms with Gasteiger partial charge in [0.25, 0.3) is 0 Å². The van der Waals surface area contributed by atoms with Crippen molar-refractivity contribution in [1.82, 2.24) is 3.71 Å². The second kappa shape index (κ2) is 11.8. The van der Waals surface area contributed by atoms with E-state index in [2.05, 4.69) is 67.5 Å². The maximum Gasteiger partial charge on any atom is 0.187 e. The molecular weight excluding hydrogens is 356 g/mol. The summed E-state index contributed by atoms with van der Waals surface area (Å²) < 4.78 is 1.45. The lowest BCUT2D eigenvalue weighted by molar-refractivity contribution is -0.111. The van der Waals surface area contributed by atoms with Crippen molar-refractivity contribution >= 4 is 49.1 Å². The molecule has 1 aromatic rings. The van der Waals surface area contributed by atoms with Gasteiger partial charge >= 0.3 is 0 Å². The van der Waals surface area contributed by atoms with Crippen LogP contribution in [0.25, 0.3) is 0 Å². The van der Waals surface area contributed by atoms with Gasteiger partial charge in [0, 0.05) is 25.1 Å². The Bertz CT molecular complexity index is 568. The van der Waals surface area contributed by atoms with Gasteiger partial charge in [-0.3, -0.25) is 9.79 Å². The Morgan fingerprint density at radius 3 is 2.50 bits per heavy atom. The Kier molecular flexibility index (Phi) is 10.5. The average Bonchev–Trinajstić information content (AvgIpc) is 2.84. The molecule has 0 fully saturated rings. The molecule has 0 aliphatic carbocycles. The topological polar surface area (TPSA) is 32.7 Å². The number of benzene rings is 1. The van der Waals surface area contributed by atoms with Crippen LogP contribution in [0, 0.1) is 0 Å². The van der Waals surface area contributed by atoms with E-state index in [4.69, 9.17) is 0 Å². The average molecular weight is 383 g/mol. The highest BCUT2D eigenvalue weighted by Crippen LogP contribution is 2.28. The van der Waals surface area contributed by atoms with Crippen LogP contribution in [0.15, 0.2) is 41.4 Å². The molecule has 0 spiro atoms. The summed E-state index contributed by atoms with van der Waals surface area (Å²) in [4.78, 5) is 15.8. The van der Waals surface area contributed by atoms with E-state index in [1.54, 1.807) is 0 Å². The van der Waals surface area contributed by atoms with E-state index in [0.717, 1.165) is 37.1 Å². The van der Waals surface area contributed by atoms with Crippen LogP contribution in [-0.4, -0.2) is 21.1 Å². The molecule has 0 amide bonds. The number of rotatable bonds is 6. The third-order valence-electron chi connectivity index (χ3n) is 3.55. The van der Waals surface area contributed by atoms with Gasteiger partial charge in [0.2, 0.25) is 0 Å². The Morgan fingerprint density at radius 1 is 1.25 bits per heavy atom. The molecule has 0 saturated carbocycles. The third-order valence-corrected chi connectivity index (χ3v) is 4.29. The number of allylic oxidation sites excluding steroid dienone is 2. The van der Waals surface area contributed by atoms with Crippen LogP contribution in [0.1, 0.15) is 50.3 Å². The van der Waals surface area contributed by atoms with Crippen LogP contribution >= 0.6 is 38.3 Å². The van der Waals surface area contributed by atoms with Gasteiger partial charge in [0.1, 0.15) is 0 Å². The first-order valence-electron chi connectivity index (χ1n) is 8.23. The zero-order valence-corrected chi connectivity index (χ0v) is 16.9. The quantitative estimate of drug-likeness (QED) is 0.610. The summed E-state index contributed by atoms with van der Waals surface area (Å²) in [5.74, 6) is 0. The monoisotopic (exact) mass is 382 g/mol. The van der Waals surface area contributed by atoms with Crippen LogP contribution in [0.2, 0.25) is 0 Å². The zero-order chi connectivity index (χ0) is 17.9. The molecule has 1 unspecified atom stereocenters. The molecule has 0 N–H and O–H groups in total. The lowest BCUT2D eigenvalue weighted by Gasteiger charge is -2.21. The van der Waals surface area contributed by atoms with Gasteiger partial charge in [-0.1, -0.05) is 69.8 Å². The Hall–Kier alpha value is -0.690. The minimum atomic E-state index is -0.194. The van der Waals surface area contributed by atoms with E-state index in [0.29, 0.717) is 0 Å². The Labute approximate surface area is 162 Å². The number of hydrogen-bond donors (Lipinski definition) is 3. The van der Waals surface area contributed by atoms with Crippen molar-refractivity contribution in [3.05, 3.63) is 47.5 Å². The number of thiol groups is 3. The highest BCUT2D eigenvalue weighted by atomic mass is 32.2. The van der Waals surface area contributed by atoms with Crippen molar-refractivity contribution in [2.24, 2.45) is 4.99 Å². The van der Waals surface area contributed by atoms with Crippen LogP contribution in [-0.2, 0) is 11.2 Å². The first-order valence-corrected chi connectivity index (χ1v) is 9.48. The Balaban J connectivity index is 0.00000139. The highest BCUT2D eigenvalue weighted by molar-refractivity contribution is 7.96. The molecule has 0 saturated heterocycles. The van der Waals surface area contributed by atoms with E-state index in [1.807, 2.05) is 26.0 Å². The molecular formula is C18H26N2OS3. The maximum absolute atomic E-state index is 11.2. The molecule has 1 heterocycles. The van der Waals surface area contributed by atoms with Crippen molar-refractivity contribution in [2.45, 2.75) is 45.6 Å². The second-order valence-electron chi connectivity index (χ2n) is 5.27. The molecule has 2 rings (SSSR count). The summed E-state index contributed by atoms with van der Waals surface area (Å²) in [5, 5.41) is -0.180. The molecule has 0 aromatic heterocycles. The molecule has 6 heteroatoms. The van der Waals surface area contributed by atoms with Crippen molar-refractivity contribution < 1.29 is 4.79 Å². The normalized spacial score (nSPS) is 15.2. The fraction of sp³-hybridized carbons (Fsp3) is 0.444. The smallest absolute Gasteiger partial charge is 0.187 e. The number of aliphatic imine (C=N–C) groups is 1. The van der Waals surface area contributed by atoms with Gasteiger partial charge in [-0.15, -0.1) is 12.6 Å². The molecule has 1 aromatic carbocycles. The second-order valence-corrected chi connectivity index (χ2v) is 6.95. The van der Waals surface area contributed by atoms with Gasteiger partial charge in [-0.2, -0.15) is 3.71 Å². The van der Waals surface area contributed by atoms with Crippen molar-refractivity contribution in [2.75, 3.05) is 6.54 Å². The largest absolute Gasteiger partial charge is 0.289 e. The first kappa shape index (κ1) is 21.4. The standard InChI is InChI=1S/C16H20N2OS3.C2H6/c19-16(20)11-15(18(21)22)13-7-5-12(6-8-13)10-14-4-2-1-3-9-17-14;1-2/h2,4-8,15,21-22H,1,3,9-11H2,(H,19,20);1-2H3. The minimum Gasteiger partial charge on any atom is -0.289 e. The lowest BCUT2D eigenvalue weighted by atomic mass is 10.0. The molecule has 3 nitrogen and oxygen atoms in total. The van der Waals surface area contributed by atoms with E-state index in [-0.39, 0.29) is 17.6 Å². The number of nitrogens with zero attached hydrogens (tertiary/aromatic N) is 2. The predicted molar refractivity (Wildman–Crippen MR) is 113 cm³/mol. The molecule has 1 aliphatic heterocycles. The Morgan fingerprint density at radius 2 is 1.92 bits per heavy atom. The summed E-state index contributed by atoms with van der Waals surface area (Å²) >= 11 is 12.3. The van der Waals surface area contributed by atoms with Crippen LogP contribution in [0.4, 0.5) is 0 Å². The van der Waals surface area contributed by atoms with E-state index < -0.39 is 0 Å². The summed E-state index contributed by atoms with van der Waals surface area (Å²) in [7, 11) is 0. The van der Waals surface area contributed by atoms with Crippen LogP contribution in [0.3, 0.4) is 0 Å². The summed E-state index contributed by atoms with van der Waals surface area (Å²) in [6.45, 7) is 4.90. The number of hydrogen-bond acceptors (Lipinski definition) is 5. The van der Waals surface area contributed by atoms with E-state index in [1.165, 1.54) is 9.27 Å². The first-order chi connectivity index (χ1) is 11.6. The molecule has 0 radical (unpaired) electrons. The van der Waals surface area contributed by atoms with E-state index >= 15 is 0 Å². The van der Waals surface area contributed by atoms with Crippen molar-refractivity contribution in [1.29, 1.82) is 0 Å². The minimum absolute atomic E-state index is 0.180.